The van der Waals surface area contributed by atoms with Gasteiger partial charge in [0, 0.05) is 12.5 Å². The summed E-state index contributed by atoms with van der Waals surface area (Å²) < 4.78 is 24.8. The summed E-state index contributed by atoms with van der Waals surface area (Å²) >= 11 is 0. The highest BCUT2D eigenvalue weighted by Gasteiger charge is 2.13. The van der Waals surface area contributed by atoms with Crippen LogP contribution in [0.1, 0.15) is 24.1 Å². The van der Waals surface area contributed by atoms with E-state index in [1.165, 1.54) is 6.26 Å². The van der Waals surface area contributed by atoms with Gasteiger partial charge in [-0.2, -0.15) is 5.10 Å². The number of hydrogen-bond acceptors (Lipinski definition) is 4. The van der Waals surface area contributed by atoms with E-state index in [1.807, 2.05) is 43.5 Å². The van der Waals surface area contributed by atoms with Gasteiger partial charge in [-0.15, -0.1) is 0 Å². The minimum Gasteiger partial charge on any atom is -0.349 e. The molecule has 1 N–H and O–H groups in total. The molecule has 0 bridgehead atoms. The molecule has 0 fully saturated rings. The third kappa shape index (κ3) is 4.83. The summed E-state index contributed by atoms with van der Waals surface area (Å²) in [6.07, 6.45) is 4.90. The van der Waals surface area contributed by atoms with E-state index in [4.69, 9.17) is 0 Å². The van der Waals surface area contributed by atoms with Crippen molar-refractivity contribution in [1.82, 2.24) is 15.1 Å². The zero-order chi connectivity index (χ0) is 19.4. The molecule has 27 heavy (non-hydrogen) atoms. The third-order valence-electron chi connectivity index (χ3n) is 4.21. The fourth-order valence-electron chi connectivity index (χ4n) is 2.74. The lowest BCUT2D eigenvalue weighted by atomic mass is 10.1. The molecule has 1 heterocycles. The second-order valence-electron chi connectivity index (χ2n) is 6.44. The Morgan fingerprint density at radius 1 is 1.11 bits per heavy atom. The third-order valence-corrected chi connectivity index (χ3v) is 5.34. The van der Waals surface area contributed by atoms with E-state index in [2.05, 4.69) is 10.4 Å². The standard InChI is InChI=1S/C20H21N3O3S/c1-15(17-8-10-19(11-9-17)27(2,25)26)22-20(24)12-16-13-21-23(14-16)18-6-4-3-5-7-18/h3-11,13-15H,12H2,1-2H3,(H,22,24). The van der Waals surface area contributed by atoms with Crippen molar-refractivity contribution in [2.24, 2.45) is 0 Å². The lowest BCUT2D eigenvalue weighted by molar-refractivity contribution is -0.121. The van der Waals surface area contributed by atoms with Crippen LogP contribution in [0.15, 0.2) is 71.9 Å². The maximum Gasteiger partial charge on any atom is 0.225 e. The highest BCUT2D eigenvalue weighted by molar-refractivity contribution is 7.90. The topological polar surface area (TPSA) is 81.1 Å². The highest BCUT2D eigenvalue weighted by atomic mass is 32.2. The molecule has 3 rings (SSSR count). The largest absolute Gasteiger partial charge is 0.349 e. The van der Waals surface area contributed by atoms with Crippen molar-refractivity contribution >= 4 is 15.7 Å². The molecule has 0 saturated heterocycles. The van der Waals surface area contributed by atoms with Gasteiger partial charge in [-0.25, -0.2) is 13.1 Å². The first kappa shape index (κ1) is 18.8. The van der Waals surface area contributed by atoms with Crippen LogP contribution in [-0.4, -0.2) is 30.4 Å². The Morgan fingerprint density at radius 2 is 1.78 bits per heavy atom. The Balaban J connectivity index is 1.61. The molecular weight excluding hydrogens is 362 g/mol. The molecule has 3 aromatic rings. The van der Waals surface area contributed by atoms with Gasteiger partial charge >= 0.3 is 0 Å². The van der Waals surface area contributed by atoms with Crippen molar-refractivity contribution in [3.05, 3.63) is 78.1 Å². The molecule has 1 aromatic heterocycles. The number of rotatable bonds is 6. The van der Waals surface area contributed by atoms with E-state index in [1.54, 1.807) is 35.1 Å². The zero-order valence-corrected chi connectivity index (χ0v) is 16.0. The molecule has 0 radical (unpaired) electrons. The first-order chi connectivity index (χ1) is 12.8. The average molecular weight is 383 g/mol. The van der Waals surface area contributed by atoms with Crippen LogP contribution in [0.4, 0.5) is 0 Å². The van der Waals surface area contributed by atoms with Crippen LogP contribution >= 0.6 is 0 Å². The molecule has 0 aliphatic heterocycles. The van der Waals surface area contributed by atoms with Gasteiger partial charge in [0.1, 0.15) is 0 Å². The van der Waals surface area contributed by atoms with Gasteiger partial charge < -0.3 is 5.32 Å². The van der Waals surface area contributed by atoms with Gasteiger partial charge in [0.15, 0.2) is 9.84 Å². The number of hydrogen-bond donors (Lipinski definition) is 1. The number of aromatic nitrogens is 2. The number of sulfone groups is 1. The molecule has 7 heteroatoms. The van der Waals surface area contributed by atoms with Gasteiger partial charge in [-0.05, 0) is 42.3 Å². The molecule has 0 spiro atoms. The molecule has 6 nitrogen and oxygen atoms in total. The summed E-state index contributed by atoms with van der Waals surface area (Å²) in [5, 5.41) is 7.22. The Bertz CT molecular complexity index is 1030. The van der Waals surface area contributed by atoms with Crippen molar-refractivity contribution < 1.29 is 13.2 Å². The normalized spacial score (nSPS) is 12.5. The summed E-state index contributed by atoms with van der Waals surface area (Å²) in [6.45, 7) is 1.86. The summed E-state index contributed by atoms with van der Waals surface area (Å²) in [7, 11) is -3.23. The first-order valence-corrected chi connectivity index (χ1v) is 10.4. The Kier molecular flexibility index (Phi) is 5.41. The van der Waals surface area contributed by atoms with Crippen LogP contribution in [0.5, 0.6) is 0 Å². The molecule has 0 aliphatic carbocycles. The van der Waals surface area contributed by atoms with E-state index < -0.39 is 9.84 Å². The Hall–Kier alpha value is -2.93. The van der Waals surface area contributed by atoms with Crippen LogP contribution in [-0.2, 0) is 21.1 Å². The van der Waals surface area contributed by atoms with Crippen molar-refractivity contribution in [3.63, 3.8) is 0 Å². The first-order valence-electron chi connectivity index (χ1n) is 8.51. The van der Waals surface area contributed by atoms with Gasteiger partial charge in [0.05, 0.1) is 29.2 Å². The second kappa shape index (κ2) is 7.75. The SMILES string of the molecule is CC(NC(=O)Cc1cnn(-c2ccccc2)c1)c1ccc(S(C)(=O)=O)cc1. The number of benzene rings is 2. The second-order valence-corrected chi connectivity index (χ2v) is 8.45. The molecule has 1 amide bonds. The lowest BCUT2D eigenvalue weighted by Gasteiger charge is -2.14. The van der Waals surface area contributed by atoms with E-state index in [-0.39, 0.29) is 23.3 Å². The summed E-state index contributed by atoms with van der Waals surface area (Å²) in [6, 6.07) is 16.0. The predicted octanol–water partition coefficient (Wildman–Crippen LogP) is 2.70. The summed E-state index contributed by atoms with van der Waals surface area (Å²) in [4.78, 5) is 12.6. The monoisotopic (exact) mass is 383 g/mol. The van der Waals surface area contributed by atoms with E-state index in [0.29, 0.717) is 0 Å². The smallest absolute Gasteiger partial charge is 0.225 e. The lowest BCUT2D eigenvalue weighted by Crippen LogP contribution is -2.28. The average Bonchev–Trinajstić information content (AvgIpc) is 3.10. The summed E-state index contributed by atoms with van der Waals surface area (Å²) in [5.74, 6) is -0.123. The van der Waals surface area contributed by atoms with Crippen molar-refractivity contribution in [2.75, 3.05) is 6.26 Å². The van der Waals surface area contributed by atoms with Crippen molar-refractivity contribution in [1.29, 1.82) is 0 Å². The van der Waals surface area contributed by atoms with E-state index in [9.17, 15) is 13.2 Å². The summed E-state index contributed by atoms with van der Waals surface area (Å²) in [5.41, 5.74) is 2.59. The van der Waals surface area contributed by atoms with Crippen molar-refractivity contribution in [2.45, 2.75) is 24.3 Å². The minimum atomic E-state index is -3.23. The number of para-hydroxylation sites is 1. The minimum absolute atomic E-state index is 0.123. The zero-order valence-electron chi connectivity index (χ0n) is 15.2. The maximum atomic E-state index is 12.3. The van der Waals surface area contributed by atoms with Crippen LogP contribution in [0.2, 0.25) is 0 Å². The van der Waals surface area contributed by atoms with Crippen LogP contribution in [0.3, 0.4) is 0 Å². The van der Waals surface area contributed by atoms with Crippen LogP contribution in [0.25, 0.3) is 5.69 Å². The molecule has 2 aromatic carbocycles. The molecular formula is C20H21N3O3S. The van der Waals surface area contributed by atoms with E-state index in [0.717, 1.165) is 16.8 Å². The number of amides is 1. The van der Waals surface area contributed by atoms with E-state index >= 15 is 0 Å². The maximum absolute atomic E-state index is 12.3. The molecule has 1 atom stereocenters. The fourth-order valence-corrected chi connectivity index (χ4v) is 3.37. The number of carbonyl (C=O) groups is 1. The predicted molar refractivity (Wildman–Crippen MR) is 103 cm³/mol. The Labute approximate surface area is 158 Å². The molecule has 140 valence electrons. The van der Waals surface area contributed by atoms with Gasteiger partial charge in [-0.1, -0.05) is 30.3 Å². The van der Waals surface area contributed by atoms with Gasteiger partial charge in [-0.3, -0.25) is 4.79 Å². The molecule has 0 saturated carbocycles. The number of carbonyl (C=O) groups excluding carboxylic acids is 1. The molecule has 0 aliphatic rings. The molecule has 1 unspecified atom stereocenters. The van der Waals surface area contributed by atoms with Gasteiger partial charge in [0.25, 0.3) is 0 Å². The number of nitrogens with zero attached hydrogens (tertiary/aromatic N) is 2. The number of nitrogens with one attached hydrogen (secondary N) is 1. The van der Waals surface area contributed by atoms with Crippen molar-refractivity contribution in [3.8, 4) is 5.69 Å². The fraction of sp³-hybridized carbons (Fsp3) is 0.200. The van der Waals surface area contributed by atoms with Gasteiger partial charge in [0.2, 0.25) is 5.91 Å². The van der Waals surface area contributed by atoms with Crippen LogP contribution in [0, 0.1) is 0 Å². The quantitative estimate of drug-likeness (QED) is 0.710. The highest BCUT2D eigenvalue weighted by Crippen LogP contribution is 2.16. The Morgan fingerprint density at radius 3 is 2.41 bits per heavy atom. The van der Waals surface area contributed by atoms with Crippen LogP contribution < -0.4 is 5.32 Å².